The summed E-state index contributed by atoms with van der Waals surface area (Å²) in [6.45, 7) is -0.0704. The zero-order valence-electron chi connectivity index (χ0n) is 17.7. The molecule has 3 rings (SSSR count). The van der Waals surface area contributed by atoms with Crippen molar-refractivity contribution in [3.05, 3.63) is 29.6 Å². The summed E-state index contributed by atoms with van der Waals surface area (Å²) in [7, 11) is 1.64. The minimum atomic E-state index is -3.01. The van der Waals surface area contributed by atoms with Gasteiger partial charge in [0.2, 0.25) is 0 Å². The molecule has 0 saturated carbocycles. The Labute approximate surface area is 198 Å². The smallest absolute Gasteiger partial charge is 0.387 e. The van der Waals surface area contributed by atoms with Gasteiger partial charge in [-0.15, -0.1) is 24.0 Å². The molecular weight excluding hydrogens is 526 g/mol. The standard InChI is InChI=1S/C21H30F3N3O3.HI/c1-25-21(26-13-17-18(22)6-4-7-19(17)30-20(23)24)27-10-8-15(9-11-27)29-14-16-5-2-3-12-28-16;/h4,6-7,15-16,20H,2-3,5,8-14H2,1H3,(H,25,26);1H. The number of likely N-dealkylation sites (tertiary alicyclic amines) is 1. The van der Waals surface area contributed by atoms with E-state index in [2.05, 4.69) is 19.9 Å². The average Bonchev–Trinajstić information content (AvgIpc) is 2.75. The van der Waals surface area contributed by atoms with Crippen molar-refractivity contribution in [2.24, 2.45) is 4.99 Å². The highest BCUT2D eigenvalue weighted by atomic mass is 127. The van der Waals surface area contributed by atoms with E-state index in [1.165, 1.54) is 24.6 Å². The summed E-state index contributed by atoms with van der Waals surface area (Å²) >= 11 is 0. The number of benzene rings is 1. The number of nitrogens with one attached hydrogen (secondary N) is 1. The number of nitrogens with zero attached hydrogens (tertiary/aromatic N) is 2. The molecule has 1 N–H and O–H groups in total. The number of hydrogen-bond acceptors (Lipinski definition) is 4. The van der Waals surface area contributed by atoms with Gasteiger partial charge in [-0.2, -0.15) is 8.78 Å². The van der Waals surface area contributed by atoms with Crippen LogP contribution in [0.15, 0.2) is 23.2 Å². The Bertz CT molecular complexity index is 698. The van der Waals surface area contributed by atoms with E-state index in [4.69, 9.17) is 9.47 Å². The summed E-state index contributed by atoms with van der Waals surface area (Å²) in [5.74, 6) is -0.187. The van der Waals surface area contributed by atoms with Gasteiger partial charge in [0.1, 0.15) is 11.6 Å². The molecule has 0 bridgehead atoms. The van der Waals surface area contributed by atoms with Crippen LogP contribution >= 0.6 is 24.0 Å². The van der Waals surface area contributed by atoms with Gasteiger partial charge in [0.25, 0.3) is 0 Å². The van der Waals surface area contributed by atoms with Crippen molar-refractivity contribution in [3.63, 3.8) is 0 Å². The highest BCUT2D eigenvalue weighted by Crippen LogP contribution is 2.23. The first-order chi connectivity index (χ1) is 14.6. The zero-order valence-corrected chi connectivity index (χ0v) is 20.0. The summed E-state index contributed by atoms with van der Waals surface area (Å²) in [5.41, 5.74) is 0.0460. The second kappa shape index (κ2) is 13.3. The zero-order chi connectivity index (χ0) is 21.3. The lowest BCUT2D eigenvalue weighted by Gasteiger charge is -2.35. The molecule has 0 spiro atoms. The Morgan fingerprint density at radius 2 is 2.03 bits per heavy atom. The number of guanidine groups is 1. The predicted molar refractivity (Wildman–Crippen MR) is 123 cm³/mol. The SMILES string of the molecule is CN=C(NCc1c(F)cccc1OC(F)F)N1CCC(OCC2CCCCO2)CC1.I. The Kier molecular flexibility index (Phi) is 11.2. The fourth-order valence-electron chi connectivity index (χ4n) is 3.83. The van der Waals surface area contributed by atoms with E-state index in [1.54, 1.807) is 7.05 Å². The Balaban J connectivity index is 0.00000341. The second-order valence-corrected chi connectivity index (χ2v) is 7.50. The lowest BCUT2D eigenvalue weighted by Crippen LogP contribution is -2.47. The van der Waals surface area contributed by atoms with E-state index in [0.717, 1.165) is 45.4 Å². The second-order valence-electron chi connectivity index (χ2n) is 7.50. The van der Waals surface area contributed by atoms with Crippen molar-refractivity contribution in [2.45, 2.75) is 57.5 Å². The first-order valence-corrected chi connectivity index (χ1v) is 10.5. The molecule has 0 aliphatic carbocycles. The lowest BCUT2D eigenvalue weighted by atomic mass is 10.1. The quantitative estimate of drug-likeness (QED) is 0.310. The molecule has 1 aromatic rings. The van der Waals surface area contributed by atoms with Gasteiger partial charge >= 0.3 is 6.61 Å². The molecule has 31 heavy (non-hydrogen) atoms. The van der Waals surface area contributed by atoms with Crippen molar-refractivity contribution < 1.29 is 27.4 Å². The third-order valence-corrected chi connectivity index (χ3v) is 5.46. The van der Waals surface area contributed by atoms with E-state index >= 15 is 0 Å². The molecule has 2 heterocycles. The number of hydrogen-bond donors (Lipinski definition) is 1. The third-order valence-electron chi connectivity index (χ3n) is 5.46. The van der Waals surface area contributed by atoms with E-state index in [9.17, 15) is 13.2 Å². The van der Waals surface area contributed by atoms with Gasteiger partial charge in [0.15, 0.2) is 5.96 Å². The van der Waals surface area contributed by atoms with E-state index in [-0.39, 0.29) is 54.0 Å². The van der Waals surface area contributed by atoms with Gasteiger partial charge in [-0.05, 0) is 44.2 Å². The van der Waals surface area contributed by atoms with Gasteiger partial charge in [-0.3, -0.25) is 4.99 Å². The maximum Gasteiger partial charge on any atom is 0.387 e. The van der Waals surface area contributed by atoms with Crippen molar-refractivity contribution in [3.8, 4) is 5.75 Å². The Morgan fingerprint density at radius 1 is 1.26 bits per heavy atom. The molecule has 176 valence electrons. The normalized spacial score (nSPS) is 20.5. The topological polar surface area (TPSA) is 55.3 Å². The van der Waals surface area contributed by atoms with Gasteiger partial charge in [0, 0.05) is 38.9 Å². The summed E-state index contributed by atoms with van der Waals surface area (Å²) in [6, 6.07) is 3.89. The molecule has 1 atom stereocenters. The molecule has 0 aromatic heterocycles. The fourth-order valence-corrected chi connectivity index (χ4v) is 3.83. The number of halogens is 4. The van der Waals surface area contributed by atoms with E-state index in [1.807, 2.05) is 0 Å². The summed E-state index contributed by atoms with van der Waals surface area (Å²) in [6.07, 6.45) is 5.48. The van der Waals surface area contributed by atoms with Crippen LogP contribution in [0.2, 0.25) is 0 Å². The highest BCUT2D eigenvalue weighted by molar-refractivity contribution is 14.0. The molecule has 0 radical (unpaired) electrons. The average molecular weight is 557 g/mol. The largest absolute Gasteiger partial charge is 0.434 e. The maximum absolute atomic E-state index is 14.1. The van der Waals surface area contributed by atoms with Crippen molar-refractivity contribution in [2.75, 3.05) is 33.4 Å². The van der Waals surface area contributed by atoms with Crippen LogP contribution in [0.1, 0.15) is 37.7 Å². The first kappa shape index (κ1) is 26.0. The van der Waals surface area contributed by atoms with Crippen LogP contribution in [-0.2, 0) is 16.0 Å². The Morgan fingerprint density at radius 3 is 2.68 bits per heavy atom. The molecule has 1 unspecified atom stereocenters. The van der Waals surface area contributed by atoms with Crippen LogP contribution in [0.5, 0.6) is 5.75 Å². The van der Waals surface area contributed by atoms with Gasteiger partial charge in [0.05, 0.1) is 18.8 Å². The molecule has 2 saturated heterocycles. The monoisotopic (exact) mass is 557 g/mol. The molecule has 6 nitrogen and oxygen atoms in total. The van der Waals surface area contributed by atoms with Crippen LogP contribution in [-0.4, -0.2) is 63.0 Å². The Hall–Kier alpha value is -1.27. The molecule has 2 fully saturated rings. The molecule has 0 amide bonds. The van der Waals surface area contributed by atoms with Crippen molar-refractivity contribution >= 4 is 29.9 Å². The van der Waals surface area contributed by atoms with Crippen LogP contribution in [0.4, 0.5) is 13.2 Å². The summed E-state index contributed by atoms with van der Waals surface area (Å²) in [5, 5.41) is 3.06. The van der Waals surface area contributed by atoms with Crippen LogP contribution in [0, 0.1) is 5.82 Å². The summed E-state index contributed by atoms with van der Waals surface area (Å²) in [4.78, 5) is 6.31. The molecule has 2 aliphatic heterocycles. The molecule has 2 aliphatic rings. The highest BCUT2D eigenvalue weighted by Gasteiger charge is 2.24. The van der Waals surface area contributed by atoms with Crippen molar-refractivity contribution in [1.29, 1.82) is 0 Å². The van der Waals surface area contributed by atoms with Gasteiger partial charge in [-0.25, -0.2) is 4.39 Å². The number of alkyl halides is 2. The van der Waals surface area contributed by atoms with Gasteiger partial charge in [-0.1, -0.05) is 6.07 Å². The molecular formula is C21H31F3IN3O3. The molecule has 10 heteroatoms. The van der Waals surface area contributed by atoms with E-state index in [0.29, 0.717) is 12.6 Å². The minimum absolute atomic E-state index is 0. The number of piperidine rings is 1. The third kappa shape index (κ3) is 7.98. The van der Waals surface area contributed by atoms with Crippen LogP contribution in [0.3, 0.4) is 0 Å². The van der Waals surface area contributed by atoms with E-state index < -0.39 is 12.4 Å². The van der Waals surface area contributed by atoms with Gasteiger partial charge < -0.3 is 24.4 Å². The molecule has 1 aromatic carbocycles. The summed E-state index contributed by atoms with van der Waals surface area (Å²) < 4.78 is 55.5. The first-order valence-electron chi connectivity index (χ1n) is 10.5. The minimum Gasteiger partial charge on any atom is -0.434 e. The lowest BCUT2D eigenvalue weighted by molar-refractivity contribution is -0.0721. The maximum atomic E-state index is 14.1. The van der Waals surface area contributed by atoms with Crippen LogP contribution < -0.4 is 10.1 Å². The fraction of sp³-hybridized carbons (Fsp3) is 0.667. The predicted octanol–water partition coefficient (Wildman–Crippen LogP) is 4.17. The number of ether oxygens (including phenoxy) is 3. The number of rotatable bonds is 7. The van der Waals surface area contributed by atoms with Crippen LogP contribution in [0.25, 0.3) is 0 Å². The van der Waals surface area contributed by atoms with Crippen molar-refractivity contribution in [1.82, 2.24) is 10.2 Å². The number of aliphatic imine (C=N–C) groups is 1.